The Morgan fingerprint density at radius 2 is 1.54 bits per heavy atom. The Labute approximate surface area is 142 Å². The molecule has 2 amide bonds. The summed E-state index contributed by atoms with van der Waals surface area (Å²) in [6.07, 6.45) is 0. The lowest BCUT2D eigenvalue weighted by molar-refractivity contribution is -0.120. The quantitative estimate of drug-likeness (QED) is 0.888. The Morgan fingerprint density at radius 3 is 2.17 bits per heavy atom. The van der Waals surface area contributed by atoms with Gasteiger partial charge in [0.2, 0.25) is 11.8 Å². The summed E-state index contributed by atoms with van der Waals surface area (Å²) in [6, 6.07) is 17.0. The van der Waals surface area contributed by atoms with Crippen LogP contribution in [0.2, 0.25) is 0 Å². The van der Waals surface area contributed by atoms with Crippen molar-refractivity contribution in [2.75, 3.05) is 37.4 Å². The summed E-state index contributed by atoms with van der Waals surface area (Å²) >= 11 is 0. The summed E-state index contributed by atoms with van der Waals surface area (Å²) in [6.45, 7) is 2.32. The van der Waals surface area contributed by atoms with E-state index in [1.54, 1.807) is 23.9 Å². The molecule has 0 bridgehead atoms. The number of anilines is 2. The molecule has 0 aromatic heterocycles. The van der Waals surface area contributed by atoms with Gasteiger partial charge in [-0.25, -0.2) is 0 Å². The first-order valence-corrected chi connectivity index (χ1v) is 7.82. The zero-order valence-corrected chi connectivity index (χ0v) is 14.3. The number of rotatable bonds is 6. The van der Waals surface area contributed by atoms with Gasteiger partial charge in [-0.05, 0) is 38.2 Å². The molecule has 0 aliphatic heterocycles. The van der Waals surface area contributed by atoms with Crippen molar-refractivity contribution >= 4 is 23.2 Å². The van der Waals surface area contributed by atoms with Crippen molar-refractivity contribution in [3.8, 4) is 0 Å². The van der Waals surface area contributed by atoms with E-state index in [1.807, 2.05) is 61.5 Å². The van der Waals surface area contributed by atoms with Crippen molar-refractivity contribution in [3.05, 3.63) is 60.2 Å². The molecule has 0 aliphatic carbocycles. The summed E-state index contributed by atoms with van der Waals surface area (Å²) in [5.41, 5.74) is 2.73. The highest BCUT2D eigenvalue weighted by Crippen LogP contribution is 2.11. The highest BCUT2D eigenvalue weighted by atomic mass is 16.2. The van der Waals surface area contributed by atoms with Crippen molar-refractivity contribution in [1.82, 2.24) is 4.90 Å². The van der Waals surface area contributed by atoms with E-state index in [0.29, 0.717) is 0 Å². The molecule has 5 heteroatoms. The molecule has 24 heavy (non-hydrogen) atoms. The number of aryl methyl sites for hydroxylation is 1. The molecule has 0 radical (unpaired) electrons. The van der Waals surface area contributed by atoms with Gasteiger partial charge < -0.3 is 10.2 Å². The Kier molecular flexibility index (Phi) is 6.09. The lowest BCUT2D eigenvalue weighted by Crippen LogP contribution is -2.39. The van der Waals surface area contributed by atoms with E-state index in [4.69, 9.17) is 0 Å². The second-order valence-corrected chi connectivity index (χ2v) is 5.87. The molecule has 1 N–H and O–H groups in total. The minimum atomic E-state index is -0.142. The minimum Gasteiger partial charge on any atom is -0.325 e. The molecule has 0 unspecified atom stereocenters. The van der Waals surface area contributed by atoms with Gasteiger partial charge in [0.25, 0.3) is 0 Å². The van der Waals surface area contributed by atoms with Crippen molar-refractivity contribution in [1.29, 1.82) is 0 Å². The number of nitrogens with zero attached hydrogens (tertiary/aromatic N) is 2. The summed E-state index contributed by atoms with van der Waals surface area (Å²) in [5, 5.41) is 2.83. The fraction of sp³-hybridized carbons (Fsp3) is 0.263. The van der Waals surface area contributed by atoms with Gasteiger partial charge in [0.05, 0.1) is 13.1 Å². The van der Waals surface area contributed by atoms with E-state index < -0.39 is 0 Å². The average molecular weight is 325 g/mol. The molecular formula is C19H23N3O2. The molecule has 2 rings (SSSR count). The molecule has 5 nitrogen and oxygen atoms in total. The van der Waals surface area contributed by atoms with Crippen LogP contribution in [0, 0.1) is 6.92 Å². The standard InChI is InChI=1S/C19H23N3O2/c1-15-9-11-16(12-10-15)20-18(23)13-21(2)14-19(24)22(3)17-7-5-4-6-8-17/h4-12H,13-14H2,1-3H3,(H,20,23). The summed E-state index contributed by atoms with van der Waals surface area (Å²) in [5.74, 6) is -0.205. The number of carbonyl (C=O) groups excluding carboxylic acids is 2. The molecule has 0 heterocycles. The zero-order chi connectivity index (χ0) is 17.5. The Bertz CT molecular complexity index is 684. The summed E-state index contributed by atoms with van der Waals surface area (Å²) in [7, 11) is 3.49. The van der Waals surface area contributed by atoms with Gasteiger partial charge >= 0.3 is 0 Å². The monoisotopic (exact) mass is 325 g/mol. The number of hydrogen-bond donors (Lipinski definition) is 1. The maximum absolute atomic E-state index is 12.3. The third kappa shape index (κ3) is 5.21. The van der Waals surface area contributed by atoms with Crippen molar-refractivity contribution < 1.29 is 9.59 Å². The molecule has 0 atom stereocenters. The molecule has 126 valence electrons. The van der Waals surface area contributed by atoms with Crippen LogP contribution in [0.25, 0.3) is 0 Å². The molecule has 0 saturated heterocycles. The molecule has 0 spiro atoms. The molecule has 2 aromatic rings. The lowest BCUT2D eigenvalue weighted by atomic mass is 10.2. The fourth-order valence-corrected chi connectivity index (χ4v) is 2.27. The first-order valence-electron chi connectivity index (χ1n) is 7.82. The highest BCUT2D eigenvalue weighted by Gasteiger charge is 2.15. The third-order valence-electron chi connectivity index (χ3n) is 3.67. The van der Waals surface area contributed by atoms with E-state index in [2.05, 4.69) is 5.32 Å². The van der Waals surface area contributed by atoms with Gasteiger partial charge in [0, 0.05) is 18.4 Å². The number of hydrogen-bond acceptors (Lipinski definition) is 3. The van der Waals surface area contributed by atoms with Crippen LogP contribution in [-0.2, 0) is 9.59 Å². The Balaban J connectivity index is 1.83. The van der Waals surface area contributed by atoms with Crippen LogP contribution in [0.15, 0.2) is 54.6 Å². The first kappa shape index (κ1) is 17.7. The van der Waals surface area contributed by atoms with Gasteiger partial charge in [-0.1, -0.05) is 35.9 Å². The number of carbonyl (C=O) groups is 2. The molecular weight excluding hydrogens is 302 g/mol. The fourth-order valence-electron chi connectivity index (χ4n) is 2.27. The summed E-state index contributed by atoms with van der Waals surface area (Å²) in [4.78, 5) is 27.6. The highest BCUT2D eigenvalue weighted by molar-refractivity contribution is 5.95. The second kappa shape index (κ2) is 8.26. The van der Waals surface area contributed by atoms with Gasteiger partial charge in [0.15, 0.2) is 0 Å². The Hall–Kier alpha value is -2.66. The SMILES string of the molecule is Cc1ccc(NC(=O)CN(C)CC(=O)N(C)c2ccccc2)cc1. The van der Waals surface area contributed by atoms with Crippen molar-refractivity contribution in [2.45, 2.75) is 6.92 Å². The third-order valence-corrected chi connectivity index (χ3v) is 3.67. The smallest absolute Gasteiger partial charge is 0.240 e. The first-order chi connectivity index (χ1) is 11.5. The normalized spacial score (nSPS) is 10.5. The molecule has 2 aromatic carbocycles. The van der Waals surface area contributed by atoms with Crippen LogP contribution >= 0.6 is 0 Å². The van der Waals surface area contributed by atoms with E-state index in [0.717, 1.165) is 16.9 Å². The van der Waals surface area contributed by atoms with Crippen LogP contribution in [0.4, 0.5) is 11.4 Å². The maximum atomic E-state index is 12.3. The molecule has 0 fully saturated rings. The lowest BCUT2D eigenvalue weighted by Gasteiger charge is -2.21. The van der Waals surface area contributed by atoms with Crippen molar-refractivity contribution in [3.63, 3.8) is 0 Å². The van der Waals surface area contributed by atoms with Crippen molar-refractivity contribution in [2.24, 2.45) is 0 Å². The predicted molar refractivity (Wildman–Crippen MR) is 97.2 cm³/mol. The second-order valence-electron chi connectivity index (χ2n) is 5.87. The summed E-state index contributed by atoms with van der Waals surface area (Å²) < 4.78 is 0. The average Bonchev–Trinajstić information content (AvgIpc) is 2.56. The number of para-hydroxylation sites is 1. The van der Waals surface area contributed by atoms with Gasteiger partial charge in [-0.3, -0.25) is 14.5 Å². The molecule has 0 aliphatic rings. The Morgan fingerprint density at radius 1 is 0.917 bits per heavy atom. The van der Waals surface area contributed by atoms with Crippen LogP contribution < -0.4 is 10.2 Å². The van der Waals surface area contributed by atoms with Crippen LogP contribution in [-0.4, -0.2) is 43.9 Å². The number of benzene rings is 2. The largest absolute Gasteiger partial charge is 0.325 e. The zero-order valence-electron chi connectivity index (χ0n) is 14.3. The van der Waals surface area contributed by atoms with Gasteiger partial charge in [-0.2, -0.15) is 0 Å². The van der Waals surface area contributed by atoms with E-state index in [1.165, 1.54) is 0 Å². The van der Waals surface area contributed by atoms with E-state index in [9.17, 15) is 9.59 Å². The van der Waals surface area contributed by atoms with Crippen LogP contribution in [0.3, 0.4) is 0 Å². The minimum absolute atomic E-state index is 0.0631. The number of likely N-dealkylation sites (N-methyl/N-ethyl adjacent to an activating group) is 2. The molecule has 0 saturated carbocycles. The predicted octanol–water partition coefficient (Wildman–Crippen LogP) is 2.53. The number of nitrogens with one attached hydrogen (secondary N) is 1. The van der Waals surface area contributed by atoms with Crippen LogP contribution in [0.5, 0.6) is 0 Å². The topological polar surface area (TPSA) is 52.7 Å². The van der Waals surface area contributed by atoms with Gasteiger partial charge in [0.1, 0.15) is 0 Å². The van der Waals surface area contributed by atoms with Gasteiger partial charge in [-0.15, -0.1) is 0 Å². The maximum Gasteiger partial charge on any atom is 0.240 e. The number of amides is 2. The van der Waals surface area contributed by atoms with E-state index in [-0.39, 0.29) is 24.9 Å². The van der Waals surface area contributed by atoms with E-state index >= 15 is 0 Å². The van der Waals surface area contributed by atoms with Crippen LogP contribution in [0.1, 0.15) is 5.56 Å².